The molecular weight excluding hydrogens is 703 g/mol. The van der Waals surface area contributed by atoms with Crippen molar-refractivity contribution in [3.8, 4) is 0 Å². The highest BCUT2D eigenvalue weighted by atomic mass is 15.5. The molecule has 57 heavy (non-hydrogen) atoms. The first-order valence-corrected chi connectivity index (χ1v) is 22.8. The van der Waals surface area contributed by atoms with E-state index < -0.39 is 0 Å². The summed E-state index contributed by atoms with van der Waals surface area (Å²) in [6, 6.07) is 27.6. The number of hydrogen-bond acceptors (Lipinski definition) is 10. The first-order chi connectivity index (χ1) is 28.3. The average Bonchev–Trinajstić information content (AvgIpc) is 4.00. The fraction of sp³-hybridized carbons (Fsp3) is 0.565. The predicted octanol–water partition coefficient (Wildman–Crippen LogP) is 4.93. The zero-order chi connectivity index (χ0) is 36.9. The third-order valence-corrected chi connectivity index (χ3v) is 17.3. The summed E-state index contributed by atoms with van der Waals surface area (Å²) in [6.07, 6.45) is 14.5. The van der Waals surface area contributed by atoms with E-state index in [1.54, 1.807) is 22.8 Å². The van der Waals surface area contributed by atoms with Crippen LogP contribution in [0.15, 0.2) is 102 Å². The van der Waals surface area contributed by atoms with Crippen LogP contribution in [0, 0.1) is 11.8 Å². The van der Waals surface area contributed by atoms with Crippen molar-refractivity contribution >= 4 is 18.1 Å². The van der Waals surface area contributed by atoms with Crippen LogP contribution in [-0.2, 0) is 0 Å². The quantitative estimate of drug-likeness (QED) is 0.276. The number of anilines is 2. The van der Waals surface area contributed by atoms with Gasteiger partial charge >= 0.3 is 0 Å². The van der Waals surface area contributed by atoms with Crippen molar-refractivity contribution in [3.63, 3.8) is 0 Å². The van der Waals surface area contributed by atoms with Gasteiger partial charge in [0.05, 0.1) is 24.4 Å². The third-order valence-electron chi connectivity index (χ3n) is 17.3. The highest BCUT2D eigenvalue weighted by Gasteiger charge is 2.72. The summed E-state index contributed by atoms with van der Waals surface area (Å²) >= 11 is 0. The Morgan fingerprint density at radius 2 is 1.07 bits per heavy atom. The Morgan fingerprint density at radius 3 is 1.58 bits per heavy atom. The van der Waals surface area contributed by atoms with Gasteiger partial charge in [-0.2, -0.15) is 0 Å². The molecule has 10 aliphatic heterocycles. The summed E-state index contributed by atoms with van der Waals surface area (Å²) in [5.74, 6) is 7.54. The van der Waals surface area contributed by atoms with Gasteiger partial charge in [0.2, 0.25) is 0 Å². The molecule has 0 spiro atoms. The molecule has 292 valence electrons. The van der Waals surface area contributed by atoms with Gasteiger partial charge in [0.25, 0.3) is 0 Å². The first kappa shape index (κ1) is 33.0. The van der Waals surface area contributed by atoms with Crippen molar-refractivity contribution in [2.24, 2.45) is 11.8 Å². The van der Waals surface area contributed by atoms with E-state index in [2.05, 4.69) is 102 Å². The Balaban J connectivity index is 0.975. The van der Waals surface area contributed by atoms with Crippen molar-refractivity contribution in [1.82, 2.24) is 41.0 Å². The first-order valence-electron chi connectivity index (χ1n) is 22.8. The monoisotopic (exact) mass is 758 g/mol. The standard InChI is InChI=1S/C46H55BN10/c1-3-10-27(11-4-1)54-43-29(14-7-18-52-43)35-38-40-31(16-22-48-38)47-32-17-23-49-39-36-30-15-8-19-53-44(30)55(28-12-5-2-6-13-28)46(36)57(41(32)39)34-25-26(42-50-20-9-21-51-42)24-33(37(34)47)56(40)45(35)54/h1-6,9-13,20-21,26,29-34,37-41,43-44,48-49,52-53H,7-8,14-19,22-25H2. The molecule has 14 rings (SSSR count). The van der Waals surface area contributed by atoms with Crippen molar-refractivity contribution in [1.29, 1.82) is 0 Å². The normalized spacial score (nSPS) is 42.0. The average molecular weight is 759 g/mol. The molecule has 10 nitrogen and oxygen atoms in total. The lowest BCUT2D eigenvalue weighted by atomic mass is 9.19. The minimum Gasteiger partial charge on any atom is -0.351 e. The Labute approximate surface area is 337 Å². The summed E-state index contributed by atoms with van der Waals surface area (Å²) in [7, 11) is 0. The molecule has 0 bridgehead atoms. The van der Waals surface area contributed by atoms with Gasteiger partial charge in [-0.15, -0.1) is 0 Å². The van der Waals surface area contributed by atoms with Gasteiger partial charge in [0.15, 0.2) is 6.71 Å². The maximum atomic E-state index is 5.07. The Morgan fingerprint density at radius 1 is 0.561 bits per heavy atom. The molecular formula is C46H55BN10. The molecule has 11 aliphatic rings. The van der Waals surface area contributed by atoms with Crippen LogP contribution in [0.4, 0.5) is 11.4 Å². The Bertz CT molecular complexity index is 2000. The minimum absolute atomic E-state index is 0.310. The number of fused-ring (bicyclic) bond motifs is 12. The number of aromatic nitrogens is 2. The highest BCUT2D eigenvalue weighted by molar-refractivity contribution is 6.65. The molecule has 3 aromatic rings. The van der Waals surface area contributed by atoms with Crippen molar-refractivity contribution in [3.05, 3.63) is 108 Å². The second kappa shape index (κ2) is 12.3. The molecule has 0 amide bonds. The molecule has 1 saturated carbocycles. The van der Waals surface area contributed by atoms with Crippen LogP contribution in [0.3, 0.4) is 0 Å². The van der Waals surface area contributed by atoms with Crippen LogP contribution in [0.5, 0.6) is 0 Å². The smallest absolute Gasteiger partial charge is 0.159 e. The molecule has 6 saturated heterocycles. The summed E-state index contributed by atoms with van der Waals surface area (Å²) < 4.78 is 0. The lowest BCUT2D eigenvalue weighted by Gasteiger charge is -2.68. The topological polar surface area (TPSA) is 86.9 Å². The van der Waals surface area contributed by atoms with Crippen molar-refractivity contribution in [2.75, 3.05) is 36.0 Å². The largest absolute Gasteiger partial charge is 0.351 e. The summed E-state index contributed by atoms with van der Waals surface area (Å²) in [6.45, 7) is 5.20. The number of rotatable bonds is 3. The van der Waals surface area contributed by atoms with E-state index in [0.717, 1.165) is 51.6 Å². The Hall–Kier alpha value is -3.90. The molecule has 2 aromatic carbocycles. The van der Waals surface area contributed by atoms with Gasteiger partial charge in [0, 0.05) is 65.7 Å². The number of hydrogen-bond donors (Lipinski definition) is 4. The summed E-state index contributed by atoms with van der Waals surface area (Å²) in [5.41, 5.74) is 6.15. The molecule has 7 fully saturated rings. The van der Waals surface area contributed by atoms with Crippen LogP contribution >= 0.6 is 0 Å². The second-order valence-corrected chi connectivity index (χ2v) is 19.4. The van der Waals surface area contributed by atoms with Gasteiger partial charge in [-0.3, -0.25) is 10.6 Å². The van der Waals surface area contributed by atoms with E-state index in [4.69, 9.17) is 9.97 Å². The van der Waals surface area contributed by atoms with E-state index >= 15 is 0 Å². The molecule has 12 atom stereocenters. The number of para-hydroxylation sites is 2. The van der Waals surface area contributed by atoms with E-state index in [-0.39, 0.29) is 0 Å². The molecule has 0 radical (unpaired) electrons. The van der Waals surface area contributed by atoms with E-state index in [9.17, 15) is 0 Å². The van der Waals surface area contributed by atoms with Gasteiger partial charge in [0.1, 0.15) is 17.5 Å². The second-order valence-electron chi connectivity index (χ2n) is 19.4. The van der Waals surface area contributed by atoms with Crippen LogP contribution in [0.1, 0.15) is 63.1 Å². The molecule has 1 aliphatic carbocycles. The Kier molecular flexibility index (Phi) is 7.13. The zero-order valence-electron chi connectivity index (χ0n) is 32.8. The zero-order valence-corrected chi connectivity index (χ0v) is 32.8. The van der Waals surface area contributed by atoms with Gasteiger partial charge in [-0.1, -0.05) is 36.4 Å². The number of nitrogens with zero attached hydrogens (tertiary/aromatic N) is 6. The molecule has 11 heteroatoms. The maximum Gasteiger partial charge on any atom is 0.159 e. The van der Waals surface area contributed by atoms with Crippen molar-refractivity contribution < 1.29 is 0 Å². The molecule has 11 heterocycles. The summed E-state index contributed by atoms with van der Waals surface area (Å²) in [4.78, 5) is 22.0. The van der Waals surface area contributed by atoms with E-state index in [0.29, 0.717) is 83.8 Å². The summed E-state index contributed by atoms with van der Waals surface area (Å²) in [5, 5.41) is 16.7. The van der Waals surface area contributed by atoms with Crippen LogP contribution in [0.2, 0.25) is 17.5 Å². The molecule has 1 aromatic heterocycles. The number of nitrogens with one attached hydrogen (secondary N) is 4. The minimum atomic E-state index is 0.310. The van der Waals surface area contributed by atoms with Crippen LogP contribution < -0.4 is 31.1 Å². The van der Waals surface area contributed by atoms with E-state index in [1.165, 1.54) is 49.9 Å². The predicted molar refractivity (Wildman–Crippen MR) is 224 cm³/mol. The molecule has 12 unspecified atom stereocenters. The fourth-order valence-corrected chi connectivity index (χ4v) is 15.9. The van der Waals surface area contributed by atoms with E-state index in [1.807, 2.05) is 18.5 Å². The maximum absolute atomic E-state index is 5.07. The SMILES string of the molecule is c1ccc(N2C3=C(C4CCCNC42)C2NCCC4B5C6CCNC7C8=C(N(c9ccccc9)C9NCCCC89)N(C8CC(c9ncccn9)CC(C58)N3C42)C67)cc1. The van der Waals surface area contributed by atoms with Crippen LogP contribution in [-0.4, -0.2) is 101 Å². The van der Waals surface area contributed by atoms with Crippen LogP contribution in [0.25, 0.3) is 0 Å². The number of benzene rings is 2. The van der Waals surface area contributed by atoms with Gasteiger partial charge in [-0.05, 0) is 136 Å². The lowest BCUT2D eigenvalue weighted by Crippen LogP contribution is -2.76. The van der Waals surface area contributed by atoms with Crippen molar-refractivity contribution in [2.45, 2.75) is 123 Å². The number of piperidine rings is 4. The lowest BCUT2D eigenvalue weighted by molar-refractivity contribution is 0.0172. The van der Waals surface area contributed by atoms with Gasteiger partial charge < -0.3 is 30.2 Å². The van der Waals surface area contributed by atoms with Gasteiger partial charge in [-0.25, -0.2) is 9.97 Å². The third kappa shape index (κ3) is 4.32. The molecule has 4 N–H and O–H groups in total. The fourth-order valence-electron chi connectivity index (χ4n) is 15.9. The highest BCUT2D eigenvalue weighted by Crippen LogP contribution is 2.68.